The van der Waals surface area contributed by atoms with Crippen LogP contribution in [0.4, 0.5) is 11.4 Å². The summed E-state index contributed by atoms with van der Waals surface area (Å²) in [5, 5.41) is 4.90. The van der Waals surface area contributed by atoms with Crippen molar-refractivity contribution >= 4 is 139 Å². The van der Waals surface area contributed by atoms with Gasteiger partial charge in [0.15, 0.2) is 0 Å². The van der Waals surface area contributed by atoms with Crippen molar-refractivity contribution in [2.75, 3.05) is 0 Å². The molecule has 0 bridgehead atoms. The van der Waals surface area contributed by atoms with Crippen molar-refractivity contribution in [3.05, 3.63) is 85.7 Å². The Bertz CT molecular complexity index is 1550. The SMILES string of the molecule is O=C1NC(=Nc2cccc(N=C3NC(=O)c4c(Cl)c(Cl)c(Cl)c(Cl)c43)c2Cl)c2c(Cl)c(Cl)c(Cl)c(Cl)c21. The van der Waals surface area contributed by atoms with Crippen molar-refractivity contribution in [2.24, 2.45) is 9.98 Å². The lowest BCUT2D eigenvalue weighted by Crippen LogP contribution is -2.21. The Hall–Kier alpha value is -1.45. The highest BCUT2D eigenvalue weighted by Crippen LogP contribution is 2.46. The molecule has 3 aromatic carbocycles. The average molecular weight is 676 g/mol. The van der Waals surface area contributed by atoms with Crippen molar-refractivity contribution in [3.8, 4) is 0 Å². The average Bonchev–Trinajstić information content (AvgIpc) is 3.36. The van der Waals surface area contributed by atoms with E-state index in [1.54, 1.807) is 18.2 Å². The molecular weight excluding hydrogens is 671 g/mol. The van der Waals surface area contributed by atoms with Gasteiger partial charge < -0.3 is 10.6 Å². The number of hydrogen-bond donors (Lipinski definition) is 2. The molecule has 0 radical (unpaired) electrons. The summed E-state index contributed by atoms with van der Waals surface area (Å²) in [6.07, 6.45) is 0. The first kappa shape index (κ1) is 27.1. The van der Waals surface area contributed by atoms with Gasteiger partial charge in [0.25, 0.3) is 11.8 Å². The summed E-state index contributed by atoms with van der Waals surface area (Å²) in [7, 11) is 0. The van der Waals surface area contributed by atoms with Gasteiger partial charge in [-0.25, -0.2) is 9.98 Å². The van der Waals surface area contributed by atoms with Crippen LogP contribution in [0.25, 0.3) is 0 Å². The Kier molecular flexibility index (Phi) is 7.29. The molecule has 5 rings (SSSR count). The first-order valence-corrected chi connectivity index (χ1v) is 13.1. The van der Waals surface area contributed by atoms with Crippen LogP contribution >= 0.6 is 104 Å². The summed E-state index contributed by atoms with van der Waals surface area (Å²) in [6, 6.07) is 4.74. The third-order valence-corrected chi connectivity index (χ3v) is 9.34. The Morgan fingerprint density at radius 1 is 0.459 bits per heavy atom. The molecule has 0 aromatic heterocycles. The van der Waals surface area contributed by atoms with E-state index in [1.165, 1.54) is 0 Å². The van der Waals surface area contributed by atoms with Gasteiger partial charge in [-0.05, 0) is 12.1 Å². The van der Waals surface area contributed by atoms with Gasteiger partial charge in [0, 0.05) is 0 Å². The van der Waals surface area contributed by atoms with Crippen LogP contribution in [0.3, 0.4) is 0 Å². The molecule has 0 atom stereocenters. The van der Waals surface area contributed by atoms with Crippen molar-refractivity contribution in [2.45, 2.75) is 0 Å². The van der Waals surface area contributed by atoms with Crippen molar-refractivity contribution in [1.29, 1.82) is 0 Å². The summed E-state index contributed by atoms with van der Waals surface area (Å²) in [4.78, 5) is 34.0. The number of fused-ring (bicyclic) bond motifs is 2. The second-order valence-corrected chi connectivity index (χ2v) is 10.9. The summed E-state index contributed by atoms with van der Waals surface area (Å²) in [5.41, 5.74) is 0.799. The highest BCUT2D eigenvalue weighted by atomic mass is 35.5. The molecule has 6 nitrogen and oxygen atoms in total. The van der Waals surface area contributed by atoms with Crippen LogP contribution in [0.1, 0.15) is 31.8 Å². The van der Waals surface area contributed by atoms with Gasteiger partial charge in [0.1, 0.15) is 11.7 Å². The smallest absolute Gasteiger partial charge is 0.259 e. The van der Waals surface area contributed by atoms with Crippen LogP contribution in [-0.4, -0.2) is 23.5 Å². The predicted octanol–water partition coefficient (Wildman–Crippen LogP) is 9.21. The minimum absolute atomic E-state index is 0.0111. The predicted molar refractivity (Wildman–Crippen MR) is 152 cm³/mol. The fourth-order valence-corrected chi connectivity index (χ4v) is 5.96. The Morgan fingerprint density at radius 2 is 0.784 bits per heavy atom. The van der Waals surface area contributed by atoms with Crippen LogP contribution in [0.15, 0.2) is 28.2 Å². The standard InChI is InChI=1S/C22H5Cl9N4O2/c23-10-4(32-19-6-8(21(36)34-19)13(26)17(30)15(28)11(6)24)2-1-3-5(10)33-20-7-9(22(37)35-20)14(27)18(31)16(29)12(7)25/h1-3H,(H,32,34,36)(H,33,35,37). The zero-order valence-corrected chi connectivity index (χ0v) is 24.1. The molecule has 2 heterocycles. The first-order valence-electron chi connectivity index (χ1n) is 9.75. The van der Waals surface area contributed by atoms with E-state index >= 15 is 0 Å². The maximum atomic E-state index is 12.6. The number of benzene rings is 3. The molecule has 0 saturated carbocycles. The third-order valence-electron chi connectivity index (χ3n) is 5.35. The molecule has 0 aliphatic carbocycles. The summed E-state index contributed by atoms with van der Waals surface area (Å²) < 4.78 is 0. The molecule has 15 heteroatoms. The van der Waals surface area contributed by atoms with E-state index in [9.17, 15) is 9.59 Å². The van der Waals surface area contributed by atoms with Gasteiger partial charge in [-0.2, -0.15) is 0 Å². The summed E-state index contributed by atoms with van der Waals surface area (Å²) >= 11 is 56.3. The lowest BCUT2D eigenvalue weighted by atomic mass is 10.1. The van der Waals surface area contributed by atoms with Gasteiger partial charge >= 0.3 is 0 Å². The van der Waals surface area contributed by atoms with E-state index in [0.717, 1.165) is 0 Å². The first-order chi connectivity index (χ1) is 17.4. The fourth-order valence-electron chi connectivity index (χ4n) is 3.69. The number of amides is 2. The number of amidine groups is 2. The highest BCUT2D eigenvalue weighted by Gasteiger charge is 2.35. The number of nitrogens with one attached hydrogen (secondary N) is 2. The zero-order valence-electron chi connectivity index (χ0n) is 17.3. The number of carbonyl (C=O) groups is 2. The van der Waals surface area contributed by atoms with Crippen LogP contribution in [0.2, 0.25) is 45.2 Å². The molecule has 2 aliphatic heterocycles. The summed E-state index contributed by atoms with van der Waals surface area (Å²) in [6.45, 7) is 0. The van der Waals surface area contributed by atoms with Crippen molar-refractivity contribution in [1.82, 2.24) is 10.6 Å². The number of nitrogens with zero attached hydrogens (tertiary/aromatic N) is 2. The van der Waals surface area contributed by atoms with Gasteiger partial charge in [-0.15, -0.1) is 0 Å². The zero-order chi connectivity index (χ0) is 26.9. The second-order valence-electron chi connectivity index (χ2n) is 7.45. The number of rotatable bonds is 2. The third kappa shape index (κ3) is 4.27. The molecule has 0 saturated heterocycles. The molecule has 2 aliphatic rings. The molecule has 188 valence electrons. The lowest BCUT2D eigenvalue weighted by Gasteiger charge is -2.10. The maximum Gasteiger partial charge on any atom is 0.259 e. The number of aliphatic imine (C=N–C) groups is 2. The van der Waals surface area contributed by atoms with E-state index in [-0.39, 0.29) is 90.5 Å². The lowest BCUT2D eigenvalue weighted by molar-refractivity contribution is 0.0975. The molecule has 2 amide bonds. The van der Waals surface area contributed by atoms with Crippen molar-refractivity contribution in [3.63, 3.8) is 0 Å². The number of carbonyl (C=O) groups excluding carboxylic acids is 2. The van der Waals surface area contributed by atoms with Gasteiger partial charge in [-0.3, -0.25) is 9.59 Å². The van der Waals surface area contributed by atoms with E-state index in [4.69, 9.17) is 104 Å². The Balaban J connectivity index is 1.64. The molecular formula is C22H5Cl9N4O2. The molecule has 0 unspecified atom stereocenters. The number of halogens is 9. The minimum atomic E-state index is -0.570. The van der Waals surface area contributed by atoms with Gasteiger partial charge in [-0.1, -0.05) is 110 Å². The molecule has 0 spiro atoms. The summed E-state index contributed by atoms with van der Waals surface area (Å²) in [5.74, 6) is -1.04. The normalized spacial score (nSPS) is 16.4. The monoisotopic (exact) mass is 672 g/mol. The molecule has 2 N–H and O–H groups in total. The maximum absolute atomic E-state index is 12.6. The largest absolute Gasteiger partial charge is 0.306 e. The van der Waals surface area contributed by atoms with Gasteiger partial charge in [0.2, 0.25) is 0 Å². The molecule has 37 heavy (non-hydrogen) atoms. The van der Waals surface area contributed by atoms with Crippen LogP contribution in [0.5, 0.6) is 0 Å². The van der Waals surface area contributed by atoms with E-state index in [2.05, 4.69) is 20.6 Å². The molecule has 3 aromatic rings. The van der Waals surface area contributed by atoms with Crippen LogP contribution in [-0.2, 0) is 0 Å². The van der Waals surface area contributed by atoms with Crippen LogP contribution < -0.4 is 10.6 Å². The second kappa shape index (κ2) is 9.94. The quantitative estimate of drug-likeness (QED) is 0.210. The van der Waals surface area contributed by atoms with E-state index in [0.29, 0.717) is 0 Å². The van der Waals surface area contributed by atoms with E-state index < -0.39 is 11.8 Å². The highest BCUT2D eigenvalue weighted by molar-refractivity contribution is 6.56. The van der Waals surface area contributed by atoms with E-state index in [1.807, 2.05) is 0 Å². The van der Waals surface area contributed by atoms with Gasteiger partial charge in [0.05, 0.1) is 78.8 Å². The van der Waals surface area contributed by atoms with Crippen molar-refractivity contribution < 1.29 is 9.59 Å². The fraction of sp³-hybridized carbons (Fsp3) is 0. The minimum Gasteiger partial charge on any atom is -0.306 e. The number of hydrogen-bond acceptors (Lipinski definition) is 4. The Labute approximate surface area is 253 Å². The Morgan fingerprint density at radius 3 is 1.14 bits per heavy atom. The molecule has 0 fully saturated rings. The topological polar surface area (TPSA) is 82.9 Å². The van der Waals surface area contributed by atoms with Crippen LogP contribution in [0, 0.1) is 0 Å².